The Kier molecular flexibility index (Phi) is 3.76. The van der Waals surface area contributed by atoms with Crippen LogP contribution in [0, 0.1) is 0 Å². The largest absolute Gasteiger partial charge is 0.475 e. The first-order valence-electron chi connectivity index (χ1n) is 8.29. The summed E-state index contributed by atoms with van der Waals surface area (Å²) < 4.78 is 5.69. The molecule has 4 rings (SSSR count). The normalized spacial score (nSPS) is 14.7. The van der Waals surface area contributed by atoms with Gasteiger partial charge in [0.05, 0.1) is 23.5 Å². The maximum absolute atomic E-state index is 5.69. The van der Waals surface area contributed by atoms with Gasteiger partial charge in [-0.3, -0.25) is 5.10 Å². The number of aromatic amines is 1. The summed E-state index contributed by atoms with van der Waals surface area (Å²) in [5.74, 6) is 1.55. The Morgan fingerprint density at radius 3 is 2.75 bits per heavy atom. The van der Waals surface area contributed by atoms with E-state index in [4.69, 9.17) is 4.74 Å². The minimum absolute atomic E-state index is 0.0751. The molecule has 0 amide bonds. The van der Waals surface area contributed by atoms with E-state index in [9.17, 15) is 0 Å². The van der Waals surface area contributed by atoms with Gasteiger partial charge >= 0.3 is 0 Å². The van der Waals surface area contributed by atoms with Crippen LogP contribution in [-0.4, -0.2) is 44.3 Å². The first-order chi connectivity index (χ1) is 11.7. The molecule has 0 bridgehead atoms. The number of nitrogens with zero attached hydrogens (tertiary/aromatic N) is 5. The molecule has 1 saturated heterocycles. The third kappa shape index (κ3) is 2.77. The molecule has 0 atom stereocenters. The van der Waals surface area contributed by atoms with E-state index < -0.39 is 0 Å². The van der Waals surface area contributed by atoms with Crippen LogP contribution in [0.1, 0.15) is 26.7 Å². The molecule has 3 aromatic rings. The highest BCUT2D eigenvalue weighted by Gasteiger charge is 2.17. The van der Waals surface area contributed by atoms with E-state index in [0.717, 1.165) is 41.2 Å². The van der Waals surface area contributed by atoms with E-state index in [0.29, 0.717) is 5.88 Å². The molecule has 4 heterocycles. The number of ether oxygens (including phenoxy) is 1. The highest BCUT2D eigenvalue weighted by molar-refractivity contribution is 5.92. The zero-order valence-corrected chi connectivity index (χ0v) is 13.9. The van der Waals surface area contributed by atoms with Crippen LogP contribution in [0.5, 0.6) is 5.88 Å². The molecule has 124 valence electrons. The van der Waals surface area contributed by atoms with Gasteiger partial charge in [0.1, 0.15) is 17.8 Å². The van der Waals surface area contributed by atoms with E-state index in [1.165, 1.54) is 12.8 Å². The van der Waals surface area contributed by atoms with Crippen molar-refractivity contribution in [2.24, 2.45) is 0 Å². The molecule has 0 spiro atoms. The number of hydrogen-bond acceptors (Lipinski definition) is 6. The van der Waals surface area contributed by atoms with E-state index in [-0.39, 0.29) is 6.10 Å². The molecule has 1 aliphatic heterocycles. The molecule has 1 aliphatic rings. The van der Waals surface area contributed by atoms with Crippen LogP contribution in [0.25, 0.3) is 22.3 Å². The maximum Gasteiger partial charge on any atom is 0.214 e. The van der Waals surface area contributed by atoms with Crippen molar-refractivity contribution < 1.29 is 4.74 Å². The molecule has 7 heteroatoms. The van der Waals surface area contributed by atoms with Gasteiger partial charge in [-0.2, -0.15) is 5.10 Å². The summed E-state index contributed by atoms with van der Waals surface area (Å²) in [6.45, 7) is 6.06. The molecule has 0 saturated carbocycles. The Morgan fingerprint density at radius 1 is 1.12 bits per heavy atom. The molecule has 0 aliphatic carbocycles. The summed E-state index contributed by atoms with van der Waals surface area (Å²) in [4.78, 5) is 15.4. The summed E-state index contributed by atoms with van der Waals surface area (Å²) in [7, 11) is 0. The second-order valence-electron chi connectivity index (χ2n) is 6.26. The molecule has 0 aromatic carbocycles. The number of hydrogen-bond donors (Lipinski definition) is 1. The monoisotopic (exact) mass is 324 g/mol. The predicted octanol–water partition coefficient (Wildman–Crippen LogP) is 2.80. The van der Waals surface area contributed by atoms with Crippen molar-refractivity contribution >= 4 is 16.7 Å². The summed E-state index contributed by atoms with van der Waals surface area (Å²) in [5, 5.41) is 8.39. The Labute approximate surface area is 140 Å². The van der Waals surface area contributed by atoms with Crippen LogP contribution >= 0.6 is 0 Å². The van der Waals surface area contributed by atoms with Gasteiger partial charge in [0, 0.05) is 30.6 Å². The average molecular weight is 324 g/mol. The van der Waals surface area contributed by atoms with Crippen molar-refractivity contribution in [1.29, 1.82) is 0 Å². The molecule has 7 nitrogen and oxygen atoms in total. The lowest BCUT2D eigenvalue weighted by Crippen LogP contribution is -2.19. The molecule has 0 radical (unpaired) electrons. The SMILES string of the molecule is CC(C)Oc1cc2c(-c3cc(N4CCCC4)ncn3)n[nH]c2cn1. The number of pyridine rings is 1. The molecule has 1 fully saturated rings. The Morgan fingerprint density at radius 2 is 1.96 bits per heavy atom. The standard InChI is InChI=1S/C17H20N6O/c1-11(2)24-16-7-12-14(9-18-16)21-22-17(12)13-8-15(20-10-19-13)23-5-3-4-6-23/h7-11H,3-6H2,1-2H3,(H,21,22). The van der Waals surface area contributed by atoms with Crippen LogP contribution in [0.2, 0.25) is 0 Å². The topological polar surface area (TPSA) is 79.8 Å². The van der Waals surface area contributed by atoms with Gasteiger partial charge in [-0.25, -0.2) is 15.0 Å². The lowest BCUT2D eigenvalue weighted by molar-refractivity contribution is 0.233. The van der Waals surface area contributed by atoms with Gasteiger partial charge in [0.15, 0.2) is 0 Å². The van der Waals surface area contributed by atoms with Crippen molar-refractivity contribution in [1.82, 2.24) is 25.1 Å². The second kappa shape index (κ2) is 6.07. The summed E-state index contributed by atoms with van der Waals surface area (Å²) in [6.07, 6.45) is 5.85. The van der Waals surface area contributed by atoms with Gasteiger partial charge in [-0.15, -0.1) is 0 Å². The van der Waals surface area contributed by atoms with Crippen LogP contribution in [-0.2, 0) is 0 Å². The lowest BCUT2D eigenvalue weighted by atomic mass is 10.2. The average Bonchev–Trinajstić information content (AvgIpc) is 3.24. The fraction of sp³-hybridized carbons (Fsp3) is 0.412. The van der Waals surface area contributed by atoms with Gasteiger partial charge in [0.2, 0.25) is 5.88 Å². The first-order valence-corrected chi connectivity index (χ1v) is 8.29. The molecule has 1 N–H and O–H groups in total. The van der Waals surface area contributed by atoms with Gasteiger partial charge in [0.25, 0.3) is 0 Å². The zero-order chi connectivity index (χ0) is 16.5. The highest BCUT2D eigenvalue weighted by Crippen LogP contribution is 2.29. The molecule has 0 unspecified atom stereocenters. The van der Waals surface area contributed by atoms with Gasteiger partial charge < -0.3 is 9.64 Å². The van der Waals surface area contributed by atoms with E-state index in [1.807, 2.05) is 26.0 Å². The summed E-state index contributed by atoms with van der Waals surface area (Å²) in [6, 6.07) is 3.91. The Hall–Kier alpha value is -2.70. The molecule has 3 aromatic heterocycles. The van der Waals surface area contributed by atoms with Crippen LogP contribution in [0.3, 0.4) is 0 Å². The van der Waals surface area contributed by atoms with E-state index in [2.05, 4.69) is 30.0 Å². The first kappa shape index (κ1) is 14.9. The number of rotatable bonds is 4. The number of aromatic nitrogens is 5. The molecule has 24 heavy (non-hydrogen) atoms. The Balaban J connectivity index is 1.74. The smallest absolute Gasteiger partial charge is 0.214 e. The third-order valence-corrected chi connectivity index (χ3v) is 4.10. The molecular weight excluding hydrogens is 304 g/mol. The molecular formula is C17H20N6O. The second-order valence-corrected chi connectivity index (χ2v) is 6.26. The number of fused-ring (bicyclic) bond motifs is 1. The lowest BCUT2D eigenvalue weighted by Gasteiger charge is -2.16. The minimum atomic E-state index is 0.0751. The van der Waals surface area contributed by atoms with Crippen molar-refractivity contribution in [2.45, 2.75) is 32.8 Å². The van der Waals surface area contributed by atoms with E-state index in [1.54, 1.807) is 12.5 Å². The van der Waals surface area contributed by atoms with Gasteiger partial charge in [-0.05, 0) is 26.7 Å². The quantitative estimate of drug-likeness (QED) is 0.795. The van der Waals surface area contributed by atoms with Crippen LogP contribution in [0.4, 0.5) is 5.82 Å². The summed E-state index contributed by atoms with van der Waals surface area (Å²) in [5.41, 5.74) is 2.46. The van der Waals surface area contributed by atoms with Crippen molar-refractivity contribution in [2.75, 3.05) is 18.0 Å². The van der Waals surface area contributed by atoms with E-state index >= 15 is 0 Å². The fourth-order valence-corrected chi connectivity index (χ4v) is 2.99. The van der Waals surface area contributed by atoms with Crippen LogP contribution < -0.4 is 9.64 Å². The Bertz CT molecular complexity index is 853. The zero-order valence-electron chi connectivity index (χ0n) is 13.9. The predicted molar refractivity (Wildman–Crippen MR) is 92.1 cm³/mol. The van der Waals surface area contributed by atoms with Crippen molar-refractivity contribution in [3.63, 3.8) is 0 Å². The highest BCUT2D eigenvalue weighted by atomic mass is 16.5. The van der Waals surface area contributed by atoms with Crippen molar-refractivity contribution in [3.05, 3.63) is 24.7 Å². The fourth-order valence-electron chi connectivity index (χ4n) is 2.99. The third-order valence-electron chi connectivity index (χ3n) is 4.10. The number of anilines is 1. The maximum atomic E-state index is 5.69. The number of H-pyrrole nitrogens is 1. The summed E-state index contributed by atoms with van der Waals surface area (Å²) >= 11 is 0. The number of nitrogens with one attached hydrogen (secondary N) is 1. The van der Waals surface area contributed by atoms with Gasteiger partial charge in [-0.1, -0.05) is 0 Å². The minimum Gasteiger partial charge on any atom is -0.475 e. The van der Waals surface area contributed by atoms with Crippen molar-refractivity contribution in [3.8, 4) is 17.3 Å². The van der Waals surface area contributed by atoms with Crippen LogP contribution in [0.15, 0.2) is 24.7 Å².